The molecule has 10 heteroatoms. The Kier molecular flexibility index (Phi) is 17.2. The van der Waals surface area contributed by atoms with E-state index in [1.807, 2.05) is 24.3 Å². The summed E-state index contributed by atoms with van der Waals surface area (Å²) in [5.41, 5.74) is 2.79. The van der Waals surface area contributed by atoms with Crippen LogP contribution < -0.4 is 20.4 Å². The number of para-hydroxylation sites is 4. The first-order valence-electron chi connectivity index (χ1n) is 16.6. The average Bonchev–Trinajstić information content (AvgIpc) is 3.91. The van der Waals surface area contributed by atoms with Crippen LogP contribution in [0, 0.1) is 0 Å². The quantitative estimate of drug-likeness (QED) is 0.176. The van der Waals surface area contributed by atoms with Crippen molar-refractivity contribution >= 4 is 24.9 Å². The van der Waals surface area contributed by atoms with E-state index in [4.69, 9.17) is 0 Å². The molecule has 4 aliphatic rings. The molecule has 0 heterocycles. The Hall–Kier alpha value is -3.99. The summed E-state index contributed by atoms with van der Waals surface area (Å²) in [6, 6.07) is 29.8. The minimum absolute atomic E-state index is 0. The first kappa shape index (κ1) is 40.4. The van der Waals surface area contributed by atoms with Crippen LogP contribution in [0.2, 0.25) is 0 Å². The second-order valence-corrected chi connectivity index (χ2v) is 12.2. The van der Waals surface area contributed by atoms with Crippen LogP contribution in [0.3, 0.4) is 0 Å². The van der Waals surface area contributed by atoms with E-state index in [0.717, 1.165) is 0 Å². The molecule has 0 aromatic heterocycles. The van der Waals surface area contributed by atoms with Gasteiger partial charge in [-0.05, 0) is 73.6 Å². The molecule has 4 fully saturated rings. The van der Waals surface area contributed by atoms with Crippen molar-refractivity contribution in [3.05, 3.63) is 119 Å². The second-order valence-electron chi connectivity index (χ2n) is 12.2. The van der Waals surface area contributed by atoms with Gasteiger partial charge in [0.2, 0.25) is 0 Å². The topological polar surface area (TPSA) is 142 Å². The van der Waals surface area contributed by atoms with Gasteiger partial charge >= 0.3 is 39.0 Å². The SMILES string of the molecule is [O-]c1ccccc1C=NC1CC1.[O-]c1ccccc1C=NC1CC1.[O-]c1ccccc1C=NC1CC1.[O-]c1ccccc1C=NC1CC1.[Zn+2].[Zn+2]. The van der Waals surface area contributed by atoms with E-state index in [1.54, 1.807) is 97.7 Å². The monoisotopic (exact) mass is 768 g/mol. The third-order valence-electron chi connectivity index (χ3n) is 7.56. The largest absolute Gasteiger partial charge is 2.00 e. The van der Waals surface area contributed by atoms with E-state index >= 15 is 0 Å². The zero-order valence-corrected chi connectivity index (χ0v) is 34.3. The van der Waals surface area contributed by atoms with Gasteiger partial charge in [-0.15, -0.1) is 23.0 Å². The van der Waals surface area contributed by atoms with Crippen molar-refractivity contribution in [1.82, 2.24) is 0 Å². The van der Waals surface area contributed by atoms with Crippen LogP contribution in [0.25, 0.3) is 0 Å². The minimum atomic E-state index is 0. The fraction of sp³-hybridized carbons (Fsp3) is 0.300. The Balaban J connectivity index is 0.000000178. The molecule has 8 rings (SSSR count). The van der Waals surface area contributed by atoms with Crippen molar-refractivity contribution in [3.8, 4) is 23.0 Å². The Morgan fingerprint density at radius 1 is 0.340 bits per heavy atom. The van der Waals surface area contributed by atoms with Gasteiger partial charge in [0.1, 0.15) is 0 Å². The molecule has 8 nitrogen and oxygen atoms in total. The van der Waals surface area contributed by atoms with Crippen LogP contribution in [0.15, 0.2) is 117 Å². The van der Waals surface area contributed by atoms with Gasteiger partial charge in [-0.2, -0.15) is 0 Å². The molecule has 0 unspecified atom stereocenters. The van der Waals surface area contributed by atoms with Gasteiger partial charge in [0.25, 0.3) is 0 Å². The van der Waals surface area contributed by atoms with Gasteiger partial charge in [-0.1, -0.05) is 97.1 Å². The third kappa shape index (κ3) is 15.7. The number of aliphatic imine (C=N–C) groups is 4. The van der Waals surface area contributed by atoms with Gasteiger partial charge < -0.3 is 20.4 Å². The molecule has 4 aromatic carbocycles. The Bertz CT molecular complexity index is 1480. The predicted octanol–water partition coefficient (Wildman–Crippen LogP) is 5.36. The number of hydrogen-bond donors (Lipinski definition) is 0. The number of rotatable bonds is 8. The van der Waals surface area contributed by atoms with Crippen LogP contribution in [0.5, 0.6) is 23.0 Å². The van der Waals surface area contributed by atoms with Crippen LogP contribution in [0.4, 0.5) is 0 Å². The molecule has 0 saturated heterocycles. The molecule has 248 valence electrons. The standard InChI is InChI=1S/4C10H11NO.2Zn/c4*12-10-4-2-1-3-8(10)7-11-9-5-6-9;;/h4*1-4,7,9,12H,5-6H2;;/q;;;;2*+2/p-4. The maximum absolute atomic E-state index is 11.2. The first-order valence-corrected chi connectivity index (χ1v) is 16.6. The minimum Gasteiger partial charge on any atom is -0.872 e. The van der Waals surface area contributed by atoms with Gasteiger partial charge in [0, 0.05) is 24.9 Å². The van der Waals surface area contributed by atoms with Crippen molar-refractivity contribution in [3.63, 3.8) is 0 Å². The fourth-order valence-corrected chi connectivity index (χ4v) is 3.99. The summed E-state index contributed by atoms with van der Waals surface area (Å²) in [6.45, 7) is 0. The van der Waals surface area contributed by atoms with Crippen molar-refractivity contribution in [2.24, 2.45) is 20.0 Å². The normalized spacial score (nSPS) is 16.3. The average molecular weight is 772 g/mol. The van der Waals surface area contributed by atoms with Crippen molar-refractivity contribution in [2.45, 2.75) is 75.5 Å². The van der Waals surface area contributed by atoms with E-state index in [1.165, 1.54) is 51.4 Å². The summed E-state index contributed by atoms with van der Waals surface area (Å²) in [7, 11) is 0. The number of nitrogens with zero attached hydrogens (tertiary/aromatic N) is 4. The Labute approximate surface area is 320 Å². The zero-order chi connectivity index (χ0) is 33.6. The van der Waals surface area contributed by atoms with Gasteiger partial charge in [-0.3, -0.25) is 20.0 Å². The Morgan fingerprint density at radius 3 is 0.680 bits per heavy atom. The second kappa shape index (κ2) is 21.3. The van der Waals surface area contributed by atoms with E-state index in [2.05, 4.69) is 20.0 Å². The summed E-state index contributed by atoms with van der Waals surface area (Å²) in [4.78, 5) is 17.0. The molecular formula is C40H40N4O4Zn2. The van der Waals surface area contributed by atoms with E-state index in [9.17, 15) is 20.4 Å². The van der Waals surface area contributed by atoms with Crippen LogP contribution in [-0.4, -0.2) is 49.0 Å². The van der Waals surface area contributed by atoms with Gasteiger partial charge in [0.05, 0.1) is 24.2 Å². The summed E-state index contributed by atoms with van der Waals surface area (Å²) in [6.07, 6.45) is 16.2. The van der Waals surface area contributed by atoms with Gasteiger partial charge in [0.15, 0.2) is 0 Å². The summed E-state index contributed by atoms with van der Waals surface area (Å²) in [5.74, 6) is 0.229. The summed E-state index contributed by atoms with van der Waals surface area (Å²) < 4.78 is 0. The molecule has 0 radical (unpaired) electrons. The number of hydrogen-bond acceptors (Lipinski definition) is 8. The molecule has 0 amide bonds. The maximum atomic E-state index is 11.2. The van der Waals surface area contributed by atoms with Crippen LogP contribution in [0.1, 0.15) is 73.6 Å². The molecule has 4 aromatic rings. The molecule has 0 N–H and O–H groups in total. The van der Waals surface area contributed by atoms with Crippen molar-refractivity contribution in [1.29, 1.82) is 0 Å². The molecule has 50 heavy (non-hydrogen) atoms. The van der Waals surface area contributed by atoms with Crippen LogP contribution >= 0.6 is 0 Å². The molecule has 0 bridgehead atoms. The van der Waals surface area contributed by atoms with Gasteiger partial charge in [-0.25, -0.2) is 0 Å². The van der Waals surface area contributed by atoms with E-state index < -0.39 is 0 Å². The molecule has 0 spiro atoms. The van der Waals surface area contributed by atoms with E-state index in [-0.39, 0.29) is 62.0 Å². The van der Waals surface area contributed by atoms with E-state index in [0.29, 0.717) is 46.4 Å². The summed E-state index contributed by atoms with van der Waals surface area (Å²) >= 11 is 0. The maximum Gasteiger partial charge on any atom is 2.00 e. The Morgan fingerprint density at radius 2 is 0.520 bits per heavy atom. The molecule has 4 aliphatic carbocycles. The van der Waals surface area contributed by atoms with Crippen LogP contribution in [-0.2, 0) is 39.0 Å². The van der Waals surface area contributed by atoms with Crippen molar-refractivity contribution < 1.29 is 59.4 Å². The number of benzene rings is 4. The third-order valence-corrected chi connectivity index (χ3v) is 7.56. The molecule has 0 atom stereocenters. The van der Waals surface area contributed by atoms with Crippen molar-refractivity contribution in [2.75, 3.05) is 0 Å². The predicted molar refractivity (Wildman–Crippen MR) is 186 cm³/mol. The molecule has 0 aliphatic heterocycles. The smallest absolute Gasteiger partial charge is 0.872 e. The molecule has 4 saturated carbocycles. The molecular weight excluding hydrogens is 731 g/mol. The zero-order valence-electron chi connectivity index (χ0n) is 28.3. The first-order chi connectivity index (χ1) is 23.4. The summed E-state index contributed by atoms with van der Waals surface area (Å²) in [5, 5.41) is 44.6. The fourth-order valence-electron chi connectivity index (χ4n) is 3.99.